The number of hydrogen-bond donors (Lipinski definition) is 5. The van der Waals surface area contributed by atoms with E-state index in [4.69, 9.17) is 35.0 Å². The lowest BCUT2D eigenvalue weighted by atomic mass is 10.1. The molecule has 44 heavy (non-hydrogen) atoms. The van der Waals surface area contributed by atoms with Crippen LogP contribution in [0.5, 0.6) is 0 Å². The predicted octanol–water partition coefficient (Wildman–Crippen LogP) is 2.16. The fourth-order valence-electron chi connectivity index (χ4n) is 2.87. The van der Waals surface area contributed by atoms with E-state index in [1.165, 1.54) is 62.8 Å². The molecule has 0 spiro atoms. The highest BCUT2D eigenvalue weighted by Gasteiger charge is 2.11. The summed E-state index contributed by atoms with van der Waals surface area (Å²) in [6.07, 6.45) is 3.84. The lowest BCUT2D eigenvalue weighted by Crippen LogP contribution is -2.09. The third kappa shape index (κ3) is 20.1. The molecule has 0 saturated heterocycles. The number of carbonyl (C=O) groups excluding carboxylic acids is 4. The molecule has 0 fully saturated rings. The highest BCUT2D eigenvalue weighted by Crippen LogP contribution is 2.09. The van der Waals surface area contributed by atoms with E-state index >= 15 is 0 Å². The molecule has 5 N–H and O–H groups in total. The van der Waals surface area contributed by atoms with Gasteiger partial charge in [-0.25, -0.2) is 19.2 Å². The molecule has 0 aliphatic rings. The molecule has 0 heterocycles. The minimum absolute atomic E-state index is 0.0761. The van der Waals surface area contributed by atoms with Crippen molar-refractivity contribution in [1.29, 1.82) is 0 Å². The van der Waals surface area contributed by atoms with Crippen molar-refractivity contribution in [3.63, 3.8) is 0 Å². The zero-order chi connectivity index (χ0) is 33.6. The zero-order valence-electron chi connectivity index (χ0n) is 25.6. The fraction of sp³-hybridized carbons (Fsp3) is 0.484. The molecule has 0 atom stereocenters. The van der Waals surface area contributed by atoms with Gasteiger partial charge in [-0.05, 0) is 87.1 Å². The van der Waals surface area contributed by atoms with Gasteiger partial charge in [-0.2, -0.15) is 0 Å². The van der Waals surface area contributed by atoms with Gasteiger partial charge >= 0.3 is 23.9 Å². The van der Waals surface area contributed by atoms with Gasteiger partial charge in [-0.3, -0.25) is 0 Å². The van der Waals surface area contributed by atoms with E-state index in [2.05, 4.69) is 9.47 Å². The summed E-state index contributed by atoms with van der Waals surface area (Å²) in [5, 5.41) is 40.4. The van der Waals surface area contributed by atoms with Gasteiger partial charge < -0.3 is 44.5 Å². The molecule has 13 heteroatoms. The lowest BCUT2D eigenvalue weighted by molar-refractivity contribution is 0.0478. The molecule has 2 aromatic carbocycles. The van der Waals surface area contributed by atoms with Crippen molar-refractivity contribution in [3.05, 3.63) is 70.8 Å². The van der Waals surface area contributed by atoms with Crippen LogP contribution in [0, 0.1) is 0 Å². The third-order valence-corrected chi connectivity index (χ3v) is 5.22. The van der Waals surface area contributed by atoms with Crippen LogP contribution in [-0.4, -0.2) is 110 Å². The Kier molecular flexibility index (Phi) is 28.0. The zero-order valence-corrected chi connectivity index (χ0v) is 25.6. The number of rotatable bonds is 15. The summed E-state index contributed by atoms with van der Waals surface area (Å²) >= 11 is 0. The van der Waals surface area contributed by atoms with Gasteiger partial charge in [0.25, 0.3) is 0 Å². The van der Waals surface area contributed by atoms with Crippen LogP contribution >= 0.6 is 0 Å². The lowest BCUT2D eigenvalue weighted by Gasteiger charge is -2.06. The van der Waals surface area contributed by atoms with E-state index in [-0.39, 0.29) is 39.6 Å². The Balaban J connectivity index is 0. The Morgan fingerprint density at radius 3 is 0.909 bits per heavy atom. The molecule has 0 aliphatic carbocycles. The second-order valence-electron chi connectivity index (χ2n) is 8.43. The molecule has 0 saturated carbocycles. The summed E-state index contributed by atoms with van der Waals surface area (Å²) in [7, 11) is 3.60. The van der Waals surface area contributed by atoms with Gasteiger partial charge in [0, 0.05) is 33.5 Å². The Bertz CT molecular complexity index is 940. The van der Waals surface area contributed by atoms with Crippen molar-refractivity contribution in [2.75, 3.05) is 61.0 Å². The molecular formula is C31H46O13. The van der Waals surface area contributed by atoms with Gasteiger partial charge in [0.2, 0.25) is 0 Å². The maximum absolute atomic E-state index is 11.7. The first kappa shape index (κ1) is 42.3. The first-order chi connectivity index (χ1) is 21.3. The van der Waals surface area contributed by atoms with Gasteiger partial charge in [0.1, 0.15) is 0 Å². The highest BCUT2D eigenvalue weighted by molar-refractivity contribution is 5.94. The number of aliphatic hydroxyl groups is 5. The van der Waals surface area contributed by atoms with Gasteiger partial charge in [-0.1, -0.05) is 0 Å². The van der Waals surface area contributed by atoms with Crippen LogP contribution in [0.15, 0.2) is 48.5 Å². The Morgan fingerprint density at radius 1 is 0.455 bits per heavy atom. The van der Waals surface area contributed by atoms with Crippen molar-refractivity contribution in [2.45, 2.75) is 38.5 Å². The molecule has 0 aliphatic heterocycles. The molecular weight excluding hydrogens is 580 g/mol. The number of hydrogen-bond acceptors (Lipinski definition) is 13. The summed E-state index contributed by atoms with van der Waals surface area (Å²) in [5.41, 5.74) is 1.53. The quantitative estimate of drug-likeness (QED) is 0.109. The van der Waals surface area contributed by atoms with E-state index in [1.54, 1.807) is 0 Å². The molecule has 0 amide bonds. The second-order valence-corrected chi connectivity index (χ2v) is 8.43. The summed E-state index contributed by atoms with van der Waals surface area (Å²) in [4.78, 5) is 45.5. The largest absolute Gasteiger partial charge is 0.465 e. The van der Waals surface area contributed by atoms with E-state index in [9.17, 15) is 19.2 Å². The molecule has 0 aromatic heterocycles. The Morgan fingerprint density at radius 2 is 0.682 bits per heavy atom. The third-order valence-electron chi connectivity index (χ3n) is 5.22. The second kappa shape index (κ2) is 29.2. The van der Waals surface area contributed by atoms with E-state index in [1.807, 2.05) is 0 Å². The first-order valence-electron chi connectivity index (χ1n) is 13.9. The minimum atomic E-state index is -0.458. The average Bonchev–Trinajstić information content (AvgIpc) is 3.08. The van der Waals surface area contributed by atoms with E-state index in [0.717, 1.165) is 20.0 Å². The molecule has 0 radical (unpaired) electrons. The molecule has 13 nitrogen and oxygen atoms in total. The van der Waals surface area contributed by atoms with Crippen LogP contribution in [-0.2, 0) is 18.9 Å². The summed E-state index contributed by atoms with van der Waals surface area (Å²) in [5.74, 6) is -1.77. The Hall–Kier alpha value is -3.88. The van der Waals surface area contributed by atoms with E-state index < -0.39 is 23.9 Å². The molecule has 2 rings (SSSR count). The number of carbonyl (C=O) groups is 4. The number of methoxy groups -OCH3 is 2. The maximum Gasteiger partial charge on any atom is 0.338 e. The summed E-state index contributed by atoms with van der Waals surface area (Å²) in [6.45, 7) is 1.06. The summed E-state index contributed by atoms with van der Waals surface area (Å²) in [6, 6.07) is 12.1. The first-order valence-corrected chi connectivity index (χ1v) is 13.9. The number of ether oxygens (including phenoxy) is 4. The standard InChI is InChI=1S/C16H22O6.C10H10O4.C4H10O2.CH4O/c17-9-1-3-11-21-15(19)13-5-7-14(8-6-13)16(20)22-12-4-2-10-18;1-13-9(11)7-3-5-8(6-4-7)10(12)14-2;5-3-1-2-4-6;1-2/h5-8,17-18H,1-4,9-12H2;3-6H,1-2H3;5-6H,1-4H2;2H,1H3. The molecule has 248 valence electrons. The number of unbranched alkanes of at least 4 members (excludes halogenated alkanes) is 3. The van der Waals surface area contributed by atoms with Crippen LogP contribution in [0.4, 0.5) is 0 Å². The van der Waals surface area contributed by atoms with Gasteiger partial charge in [0.15, 0.2) is 0 Å². The van der Waals surface area contributed by atoms with Crippen LogP contribution in [0.3, 0.4) is 0 Å². The maximum atomic E-state index is 11.7. The van der Waals surface area contributed by atoms with Crippen molar-refractivity contribution in [3.8, 4) is 0 Å². The predicted molar refractivity (Wildman–Crippen MR) is 160 cm³/mol. The molecule has 0 bridgehead atoms. The van der Waals surface area contributed by atoms with Gasteiger partial charge in [0.05, 0.1) is 49.7 Å². The molecule has 0 unspecified atom stereocenters. The van der Waals surface area contributed by atoms with Crippen molar-refractivity contribution < 1.29 is 63.7 Å². The van der Waals surface area contributed by atoms with Crippen LogP contribution in [0.25, 0.3) is 0 Å². The Labute approximate surface area is 258 Å². The monoisotopic (exact) mass is 626 g/mol. The van der Waals surface area contributed by atoms with Crippen LogP contribution in [0.1, 0.15) is 80.0 Å². The van der Waals surface area contributed by atoms with Crippen molar-refractivity contribution in [1.82, 2.24) is 0 Å². The fourth-order valence-corrected chi connectivity index (χ4v) is 2.87. The number of esters is 4. The summed E-state index contributed by atoms with van der Waals surface area (Å²) < 4.78 is 19.1. The number of aliphatic hydroxyl groups excluding tert-OH is 5. The average molecular weight is 627 g/mol. The van der Waals surface area contributed by atoms with Gasteiger partial charge in [-0.15, -0.1) is 0 Å². The minimum Gasteiger partial charge on any atom is -0.465 e. The van der Waals surface area contributed by atoms with E-state index in [0.29, 0.717) is 47.9 Å². The van der Waals surface area contributed by atoms with Crippen molar-refractivity contribution in [2.24, 2.45) is 0 Å². The highest BCUT2D eigenvalue weighted by atomic mass is 16.5. The number of benzene rings is 2. The van der Waals surface area contributed by atoms with Crippen LogP contribution < -0.4 is 0 Å². The topological polar surface area (TPSA) is 206 Å². The SMILES string of the molecule is CO.COC(=O)c1ccc(C(=O)OC)cc1.O=C(OCCCCO)c1ccc(C(=O)OCCCCO)cc1.OCCCCO. The normalized spacial score (nSPS) is 9.45. The molecule has 2 aromatic rings. The smallest absolute Gasteiger partial charge is 0.338 e. The van der Waals surface area contributed by atoms with Crippen molar-refractivity contribution >= 4 is 23.9 Å². The van der Waals surface area contributed by atoms with Crippen LogP contribution in [0.2, 0.25) is 0 Å².